The van der Waals surface area contributed by atoms with Gasteiger partial charge in [0.15, 0.2) is 0 Å². The van der Waals surface area contributed by atoms with E-state index in [2.05, 4.69) is 61.4 Å². The van der Waals surface area contributed by atoms with Gasteiger partial charge in [0.2, 0.25) is 0 Å². The molecule has 1 heterocycles. The van der Waals surface area contributed by atoms with E-state index in [-0.39, 0.29) is 0 Å². The van der Waals surface area contributed by atoms with Gasteiger partial charge in [0, 0.05) is 24.8 Å². The molecule has 0 amide bonds. The van der Waals surface area contributed by atoms with Crippen LogP contribution in [0.4, 0.5) is 5.69 Å². The molecule has 0 saturated heterocycles. The third-order valence-electron chi connectivity index (χ3n) is 3.65. The van der Waals surface area contributed by atoms with Crippen LogP contribution in [-0.4, -0.2) is 13.6 Å². The molecule has 0 saturated carbocycles. The number of nitrogens with zero attached hydrogens (tertiary/aromatic N) is 1. The molecule has 1 aromatic heterocycles. The van der Waals surface area contributed by atoms with Crippen molar-refractivity contribution in [3.8, 4) is 0 Å². The molecule has 2 rings (SSSR count). The lowest BCUT2D eigenvalue weighted by Crippen LogP contribution is -2.16. The third kappa shape index (κ3) is 4.36. The molecule has 3 heteroatoms. The van der Waals surface area contributed by atoms with Crippen LogP contribution in [0.1, 0.15) is 36.0 Å². The summed E-state index contributed by atoms with van der Waals surface area (Å²) in [5.74, 6) is 2.04. The van der Waals surface area contributed by atoms with Gasteiger partial charge in [-0.3, -0.25) is 0 Å². The summed E-state index contributed by atoms with van der Waals surface area (Å²) in [6.07, 6.45) is 1.14. The maximum absolute atomic E-state index is 5.83. The summed E-state index contributed by atoms with van der Waals surface area (Å²) in [5, 5.41) is 3.38. The summed E-state index contributed by atoms with van der Waals surface area (Å²) in [4.78, 5) is 2.26. The van der Waals surface area contributed by atoms with Gasteiger partial charge in [-0.2, -0.15) is 0 Å². The van der Waals surface area contributed by atoms with Crippen LogP contribution in [0.15, 0.2) is 34.7 Å². The molecule has 2 aromatic rings. The van der Waals surface area contributed by atoms with E-state index in [0.717, 1.165) is 37.6 Å². The van der Waals surface area contributed by atoms with Gasteiger partial charge in [0.25, 0.3) is 0 Å². The van der Waals surface area contributed by atoms with Crippen molar-refractivity contribution < 1.29 is 4.42 Å². The predicted molar refractivity (Wildman–Crippen MR) is 88.7 cm³/mol. The molecule has 0 fully saturated rings. The quantitative estimate of drug-likeness (QED) is 0.779. The van der Waals surface area contributed by atoms with Gasteiger partial charge < -0.3 is 14.6 Å². The second-order valence-corrected chi connectivity index (χ2v) is 5.67. The van der Waals surface area contributed by atoms with Crippen molar-refractivity contribution in [3.05, 3.63) is 53.0 Å². The van der Waals surface area contributed by atoms with Crippen LogP contribution in [0.2, 0.25) is 0 Å². The summed E-state index contributed by atoms with van der Waals surface area (Å²) in [6.45, 7) is 9.04. The summed E-state index contributed by atoms with van der Waals surface area (Å²) < 4.78 is 5.83. The van der Waals surface area contributed by atoms with Crippen molar-refractivity contribution in [2.75, 3.05) is 18.5 Å². The maximum atomic E-state index is 5.83. The first kappa shape index (κ1) is 15.6. The number of hydrogen-bond acceptors (Lipinski definition) is 3. The lowest BCUT2D eigenvalue weighted by molar-refractivity contribution is 0.460. The molecule has 0 unspecified atom stereocenters. The Morgan fingerprint density at radius 2 is 2.00 bits per heavy atom. The summed E-state index contributed by atoms with van der Waals surface area (Å²) in [5.41, 5.74) is 3.78. The Morgan fingerprint density at radius 1 is 1.19 bits per heavy atom. The molecule has 0 aliphatic heterocycles. The first-order chi connectivity index (χ1) is 10.1. The Bertz CT molecular complexity index is 574. The Hall–Kier alpha value is -1.74. The number of nitrogens with one attached hydrogen (secondary N) is 1. The van der Waals surface area contributed by atoms with E-state index < -0.39 is 0 Å². The number of benzene rings is 1. The monoisotopic (exact) mass is 286 g/mol. The predicted octanol–water partition coefficient (Wildman–Crippen LogP) is 4.03. The Morgan fingerprint density at radius 3 is 2.71 bits per heavy atom. The van der Waals surface area contributed by atoms with Crippen molar-refractivity contribution in [1.29, 1.82) is 0 Å². The van der Waals surface area contributed by atoms with Crippen molar-refractivity contribution in [2.24, 2.45) is 0 Å². The normalized spacial score (nSPS) is 10.9. The highest BCUT2D eigenvalue weighted by molar-refractivity contribution is 5.48. The van der Waals surface area contributed by atoms with E-state index in [0.29, 0.717) is 0 Å². The molecule has 21 heavy (non-hydrogen) atoms. The molecule has 0 atom stereocenters. The molecular weight excluding hydrogens is 260 g/mol. The SMILES string of the molecule is CCCNCc1cc(CN(C)c2cccc(C)c2)c(C)o1. The molecule has 1 N–H and O–H groups in total. The third-order valence-corrected chi connectivity index (χ3v) is 3.65. The summed E-state index contributed by atoms with van der Waals surface area (Å²) in [7, 11) is 2.12. The van der Waals surface area contributed by atoms with Crippen LogP contribution in [-0.2, 0) is 13.1 Å². The molecule has 0 bridgehead atoms. The lowest BCUT2D eigenvalue weighted by atomic mass is 10.2. The number of hydrogen-bond donors (Lipinski definition) is 1. The first-order valence-electron chi connectivity index (χ1n) is 7.67. The fraction of sp³-hybridized carbons (Fsp3) is 0.444. The van der Waals surface area contributed by atoms with E-state index in [1.165, 1.54) is 16.8 Å². The second kappa shape index (κ2) is 7.32. The lowest BCUT2D eigenvalue weighted by Gasteiger charge is -2.19. The van der Waals surface area contributed by atoms with Crippen LogP contribution in [0, 0.1) is 13.8 Å². The Labute approximate surface area is 128 Å². The zero-order valence-electron chi connectivity index (χ0n) is 13.6. The van der Waals surface area contributed by atoms with Crippen LogP contribution in [0.3, 0.4) is 0 Å². The standard InChI is InChI=1S/C18H26N2O/c1-5-9-19-12-18-11-16(15(3)21-18)13-20(4)17-8-6-7-14(2)10-17/h6-8,10-11,19H,5,9,12-13H2,1-4H3. The molecule has 114 valence electrons. The van der Waals surface area contributed by atoms with Gasteiger partial charge in [-0.15, -0.1) is 0 Å². The Balaban J connectivity index is 2.02. The smallest absolute Gasteiger partial charge is 0.118 e. The van der Waals surface area contributed by atoms with Crippen LogP contribution in [0.25, 0.3) is 0 Å². The van der Waals surface area contributed by atoms with E-state index in [9.17, 15) is 0 Å². The van der Waals surface area contributed by atoms with Gasteiger partial charge in [-0.25, -0.2) is 0 Å². The largest absolute Gasteiger partial charge is 0.465 e. The zero-order valence-corrected chi connectivity index (χ0v) is 13.6. The van der Waals surface area contributed by atoms with Crippen molar-refractivity contribution in [3.63, 3.8) is 0 Å². The number of furan rings is 1. The van der Waals surface area contributed by atoms with E-state index in [1.807, 2.05) is 6.92 Å². The fourth-order valence-electron chi connectivity index (χ4n) is 2.43. The summed E-state index contributed by atoms with van der Waals surface area (Å²) >= 11 is 0. The van der Waals surface area contributed by atoms with E-state index in [1.54, 1.807) is 0 Å². The topological polar surface area (TPSA) is 28.4 Å². The Kier molecular flexibility index (Phi) is 5.45. The molecule has 0 spiro atoms. The zero-order chi connectivity index (χ0) is 15.2. The van der Waals surface area contributed by atoms with Crippen molar-refractivity contribution in [1.82, 2.24) is 5.32 Å². The van der Waals surface area contributed by atoms with Crippen molar-refractivity contribution >= 4 is 5.69 Å². The number of rotatable bonds is 7. The van der Waals surface area contributed by atoms with Gasteiger partial charge in [0.1, 0.15) is 11.5 Å². The highest BCUT2D eigenvalue weighted by Crippen LogP contribution is 2.21. The summed E-state index contributed by atoms with van der Waals surface area (Å²) in [6, 6.07) is 10.7. The fourth-order valence-corrected chi connectivity index (χ4v) is 2.43. The van der Waals surface area contributed by atoms with E-state index >= 15 is 0 Å². The average Bonchev–Trinajstić information content (AvgIpc) is 2.79. The van der Waals surface area contributed by atoms with Gasteiger partial charge >= 0.3 is 0 Å². The van der Waals surface area contributed by atoms with Crippen LogP contribution >= 0.6 is 0 Å². The van der Waals surface area contributed by atoms with Gasteiger partial charge in [0.05, 0.1) is 6.54 Å². The molecule has 0 radical (unpaired) electrons. The molecule has 3 nitrogen and oxygen atoms in total. The van der Waals surface area contributed by atoms with E-state index in [4.69, 9.17) is 4.42 Å². The first-order valence-corrected chi connectivity index (χ1v) is 7.67. The van der Waals surface area contributed by atoms with Gasteiger partial charge in [-0.05, 0) is 50.6 Å². The number of aryl methyl sites for hydroxylation is 2. The minimum atomic E-state index is 0.808. The van der Waals surface area contributed by atoms with Crippen LogP contribution in [0.5, 0.6) is 0 Å². The van der Waals surface area contributed by atoms with Crippen molar-refractivity contribution in [2.45, 2.75) is 40.3 Å². The molecular formula is C18H26N2O. The average molecular weight is 286 g/mol. The number of anilines is 1. The molecule has 0 aliphatic carbocycles. The molecule has 0 aliphatic rings. The minimum Gasteiger partial charge on any atom is -0.465 e. The maximum Gasteiger partial charge on any atom is 0.118 e. The second-order valence-electron chi connectivity index (χ2n) is 5.67. The minimum absolute atomic E-state index is 0.808. The van der Waals surface area contributed by atoms with Crippen LogP contribution < -0.4 is 10.2 Å². The highest BCUT2D eigenvalue weighted by atomic mass is 16.3. The van der Waals surface area contributed by atoms with Gasteiger partial charge in [-0.1, -0.05) is 19.1 Å². The molecule has 1 aromatic carbocycles. The highest BCUT2D eigenvalue weighted by Gasteiger charge is 2.10.